The third kappa shape index (κ3) is 8.75. The fourth-order valence-electron chi connectivity index (χ4n) is 4.21. The Bertz CT molecular complexity index is 1010. The Morgan fingerprint density at radius 2 is 0.972 bits per heavy atom. The average molecular weight is 499 g/mol. The zero-order valence-corrected chi connectivity index (χ0v) is 23.3. The lowest BCUT2D eigenvalue weighted by Gasteiger charge is -2.16. The van der Waals surface area contributed by atoms with Crippen molar-refractivity contribution in [3.63, 3.8) is 0 Å². The van der Waals surface area contributed by atoms with Crippen molar-refractivity contribution in [3.8, 4) is 33.9 Å². The van der Waals surface area contributed by atoms with Crippen LogP contribution >= 0.6 is 7.92 Å². The fraction of sp³-hybridized carbons (Fsp3) is 0.364. The number of H-pyrrole nitrogens is 1. The number of unbranched alkanes of at least 4 members (excludes halogenated alkanes) is 3. The predicted molar refractivity (Wildman–Crippen MR) is 161 cm³/mol. The van der Waals surface area contributed by atoms with Crippen LogP contribution in [0.5, 0.6) is 0 Å². The predicted octanol–water partition coefficient (Wildman–Crippen LogP) is 10.3. The van der Waals surface area contributed by atoms with Gasteiger partial charge in [-0.3, -0.25) is 0 Å². The van der Waals surface area contributed by atoms with Gasteiger partial charge in [0.15, 0.2) is 0 Å². The number of imidazole rings is 1. The molecular weight excluding hydrogens is 455 g/mol. The summed E-state index contributed by atoms with van der Waals surface area (Å²) in [5.74, 6) is 0.892. The topological polar surface area (TPSA) is 28.7 Å². The first kappa shape index (κ1) is 27.9. The minimum absolute atomic E-state index is 0.422. The first-order valence-electron chi connectivity index (χ1n) is 13.7. The third-order valence-electron chi connectivity index (χ3n) is 6.34. The maximum Gasteiger partial charge on any atom is 0.138 e. The number of rotatable bonds is 12. The number of aromatic amines is 1. The van der Waals surface area contributed by atoms with Crippen LogP contribution in [0.3, 0.4) is 0 Å². The van der Waals surface area contributed by atoms with Gasteiger partial charge in [-0.25, -0.2) is 4.98 Å². The summed E-state index contributed by atoms with van der Waals surface area (Å²) in [4.78, 5) is 8.37. The molecule has 0 saturated carbocycles. The van der Waals surface area contributed by atoms with Crippen LogP contribution in [-0.4, -0.2) is 28.5 Å². The minimum Gasteiger partial charge on any atom is -0.337 e. The van der Waals surface area contributed by atoms with Crippen molar-refractivity contribution in [2.75, 3.05) is 18.5 Å². The van der Waals surface area contributed by atoms with Crippen molar-refractivity contribution in [2.45, 2.75) is 59.3 Å². The second-order valence-corrected chi connectivity index (χ2v) is 12.0. The van der Waals surface area contributed by atoms with Crippen molar-refractivity contribution in [1.82, 2.24) is 9.97 Å². The summed E-state index contributed by atoms with van der Waals surface area (Å²) < 4.78 is 0. The van der Waals surface area contributed by atoms with E-state index in [-0.39, 0.29) is 0 Å². The van der Waals surface area contributed by atoms with E-state index in [1.165, 1.54) is 38.5 Å². The summed E-state index contributed by atoms with van der Waals surface area (Å²) in [6.07, 6.45) is 13.2. The highest BCUT2D eigenvalue weighted by molar-refractivity contribution is 7.57. The zero-order valence-electron chi connectivity index (χ0n) is 22.4. The Kier molecular flexibility index (Phi) is 12.5. The molecule has 0 amide bonds. The van der Waals surface area contributed by atoms with Gasteiger partial charge < -0.3 is 4.98 Å². The zero-order chi connectivity index (χ0) is 25.4. The van der Waals surface area contributed by atoms with Crippen LogP contribution in [0, 0.1) is 0 Å². The molecule has 3 heteroatoms. The first-order valence-corrected chi connectivity index (χ1v) is 15.6. The molecular formula is C33H43N2P. The number of benzene rings is 3. The van der Waals surface area contributed by atoms with E-state index >= 15 is 0 Å². The highest BCUT2D eigenvalue weighted by Crippen LogP contribution is 2.38. The number of hydrogen-bond donors (Lipinski definition) is 1. The maximum atomic E-state index is 4.87. The second-order valence-electron chi connectivity index (χ2n) is 9.31. The molecule has 0 spiro atoms. The van der Waals surface area contributed by atoms with Crippen LogP contribution in [0.1, 0.15) is 59.3 Å². The maximum absolute atomic E-state index is 4.87. The van der Waals surface area contributed by atoms with Gasteiger partial charge in [0.25, 0.3) is 0 Å². The summed E-state index contributed by atoms with van der Waals surface area (Å²) in [6.45, 7) is 6.94. The normalized spacial score (nSPS) is 10.8. The SMILES string of the molecule is CCCCP(CCCC)CCCC.c1ccc(-c2nc(-c3ccccc3)c(-c3ccccc3)[nH]2)cc1. The van der Waals surface area contributed by atoms with E-state index in [1.54, 1.807) is 18.5 Å². The molecule has 0 radical (unpaired) electrons. The summed E-state index contributed by atoms with van der Waals surface area (Å²) >= 11 is 0. The first-order chi connectivity index (χ1) is 17.8. The molecule has 0 atom stereocenters. The lowest BCUT2D eigenvalue weighted by molar-refractivity contribution is 0.847. The molecule has 3 aromatic carbocycles. The Morgan fingerprint density at radius 1 is 0.556 bits per heavy atom. The van der Waals surface area contributed by atoms with Crippen LogP contribution in [0.15, 0.2) is 91.0 Å². The molecule has 0 saturated heterocycles. The quantitative estimate of drug-likeness (QED) is 0.193. The molecule has 2 nitrogen and oxygen atoms in total. The molecule has 4 rings (SSSR count). The van der Waals surface area contributed by atoms with E-state index < -0.39 is 0 Å². The summed E-state index contributed by atoms with van der Waals surface area (Å²) in [5, 5.41) is 0. The van der Waals surface area contributed by atoms with E-state index in [2.05, 4.69) is 62.2 Å². The van der Waals surface area contributed by atoms with E-state index in [1.807, 2.05) is 54.6 Å². The molecule has 1 N–H and O–H groups in total. The van der Waals surface area contributed by atoms with Crippen LogP contribution in [0.2, 0.25) is 0 Å². The molecule has 4 aromatic rings. The molecule has 0 aliphatic carbocycles. The third-order valence-corrected chi connectivity index (χ3v) is 9.19. The van der Waals surface area contributed by atoms with E-state index in [0.717, 1.165) is 33.9 Å². The lowest BCUT2D eigenvalue weighted by Crippen LogP contribution is -1.95. The Balaban J connectivity index is 0.000000240. The van der Waals surface area contributed by atoms with Gasteiger partial charge in [0.2, 0.25) is 0 Å². The van der Waals surface area contributed by atoms with Crippen molar-refractivity contribution in [2.24, 2.45) is 0 Å². The van der Waals surface area contributed by atoms with Gasteiger partial charge in [0.1, 0.15) is 5.82 Å². The van der Waals surface area contributed by atoms with Gasteiger partial charge in [-0.05, 0) is 37.7 Å². The minimum atomic E-state index is 0.422. The number of nitrogens with zero attached hydrogens (tertiary/aromatic N) is 1. The monoisotopic (exact) mass is 498 g/mol. The molecule has 0 bridgehead atoms. The van der Waals surface area contributed by atoms with Crippen LogP contribution in [-0.2, 0) is 0 Å². The summed E-state index contributed by atoms with van der Waals surface area (Å²) in [6, 6.07) is 30.9. The molecule has 36 heavy (non-hydrogen) atoms. The van der Waals surface area contributed by atoms with Gasteiger partial charge in [0, 0.05) is 16.7 Å². The van der Waals surface area contributed by atoms with Gasteiger partial charge >= 0.3 is 0 Å². The molecule has 190 valence electrons. The highest BCUT2D eigenvalue weighted by Gasteiger charge is 2.14. The van der Waals surface area contributed by atoms with Gasteiger partial charge in [-0.1, -0.05) is 131 Å². The molecule has 1 heterocycles. The van der Waals surface area contributed by atoms with Crippen LogP contribution in [0.4, 0.5) is 0 Å². The number of aromatic nitrogens is 2. The van der Waals surface area contributed by atoms with E-state index in [4.69, 9.17) is 4.98 Å². The largest absolute Gasteiger partial charge is 0.337 e. The summed E-state index contributed by atoms with van der Waals surface area (Å²) in [7, 11) is 0.422. The number of hydrogen-bond acceptors (Lipinski definition) is 1. The summed E-state index contributed by atoms with van der Waals surface area (Å²) in [5.41, 5.74) is 5.38. The molecule has 0 fully saturated rings. The Hall–Kier alpha value is -2.70. The molecule has 0 aliphatic rings. The molecule has 0 aliphatic heterocycles. The van der Waals surface area contributed by atoms with E-state index in [0.29, 0.717) is 7.92 Å². The Morgan fingerprint density at radius 3 is 1.42 bits per heavy atom. The van der Waals surface area contributed by atoms with Crippen molar-refractivity contribution < 1.29 is 0 Å². The Labute approximate surface area is 220 Å². The molecule has 0 unspecified atom stereocenters. The van der Waals surface area contributed by atoms with Crippen LogP contribution in [0.25, 0.3) is 33.9 Å². The lowest BCUT2D eigenvalue weighted by atomic mass is 10.1. The standard InChI is InChI=1S/C21H16N2.C12H27P/c1-4-10-16(11-5-1)19-20(17-12-6-2-7-13-17)23-21(22-19)18-14-8-3-9-15-18;1-4-7-10-13(11-8-5-2)12-9-6-3/h1-15H,(H,22,23);4-12H2,1-3H3. The molecule has 1 aromatic heterocycles. The number of nitrogens with one attached hydrogen (secondary N) is 1. The van der Waals surface area contributed by atoms with E-state index in [9.17, 15) is 0 Å². The van der Waals surface area contributed by atoms with Gasteiger partial charge in [0.05, 0.1) is 11.4 Å². The van der Waals surface area contributed by atoms with Crippen molar-refractivity contribution >= 4 is 7.92 Å². The van der Waals surface area contributed by atoms with Crippen molar-refractivity contribution in [3.05, 3.63) is 91.0 Å². The fourth-order valence-corrected chi connectivity index (χ4v) is 7.17. The smallest absolute Gasteiger partial charge is 0.138 e. The van der Waals surface area contributed by atoms with Crippen LogP contribution < -0.4 is 0 Å². The van der Waals surface area contributed by atoms with Gasteiger partial charge in [-0.2, -0.15) is 0 Å². The van der Waals surface area contributed by atoms with Gasteiger partial charge in [-0.15, -0.1) is 7.92 Å². The van der Waals surface area contributed by atoms with Crippen molar-refractivity contribution in [1.29, 1.82) is 0 Å². The average Bonchev–Trinajstić information content (AvgIpc) is 3.40. The second kappa shape index (κ2) is 16.1. The highest BCUT2D eigenvalue weighted by atomic mass is 31.1.